The van der Waals surface area contributed by atoms with Gasteiger partial charge in [0.2, 0.25) is 5.91 Å². The molecule has 0 unspecified atom stereocenters. The lowest BCUT2D eigenvalue weighted by molar-refractivity contribution is -0.143. The second-order valence-electron chi connectivity index (χ2n) is 8.39. The predicted molar refractivity (Wildman–Crippen MR) is 104 cm³/mol. The standard InChI is InChI=1S/C23H20F7NO2/c1-12(14-8-15(22(25,26)27)10-16(9-14)23(28,29)30)33-19-11-31-18(6-7-20(31)32)21(19)13-2-4-17(24)5-3-13/h2-5,8-10,12,18-19,21H,6-7,11H2,1H3/t12-,18+,19+,21+/m1/s1. The average molecular weight is 475 g/mol. The first kappa shape index (κ1) is 23.5. The van der Waals surface area contributed by atoms with Crippen LogP contribution in [0.2, 0.25) is 0 Å². The quantitative estimate of drug-likeness (QED) is 0.501. The lowest BCUT2D eigenvalue weighted by Crippen LogP contribution is -2.29. The molecule has 0 N–H and O–H groups in total. The van der Waals surface area contributed by atoms with Crippen LogP contribution in [0.1, 0.15) is 54.0 Å². The van der Waals surface area contributed by atoms with Gasteiger partial charge < -0.3 is 9.64 Å². The Morgan fingerprint density at radius 2 is 1.55 bits per heavy atom. The Balaban J connectivity index is 1.66. The van der Waals surface area contributed by atoms with Crippen LogP contribution in [0.25, 0.3) is 0 Å². The van der Waals surface area contributed by atoms with Crippen LogP contribution < -0.4 is 0 Å². The minimum atomic E-state index is -4.96. The molecule has 4 rings (SSSR count). The van der Waals surface area contributed by atoms with E-state index in [-0.39, 0.29) is 36.0 Å². The van der Waals surface area contributed by atoms with Crippen LogP contribution in [-0.2, 0) is 21.9 Å². The highest BCUT2D eigenvalue weighted by Crippen LogP contribution is 2.44. The molecule has 4 atom stereocenters. The molecule has 3 nitrogen and oxygen atoms in total. The normalized spacial score (nSPS) is 24.3. The first-order valence-corrected chi connectivity index (χ1v) is 10.3. The molecule has 0 bridgehead atoms. The van der Waals surface area contributed by atoms with Crippen molar-refractivity contribution in [3.8, 4) is 0 Å². The predicted octanol–water partition coefficient (Wildman–Crippen LogP) is 6.10. The lowest BCUT2D eigenvalue weighted by Gasteiger charge is -2.27. The number of nitrogens with zero attached hydrogens (tertiary/aromatic N) is 1. The molecule has 2 aliphatic rings. The molecule has 1 amide bonds. The summed E-state index contributed by atoms with van der Waals surface area (Å²) in [5.74, 6) is -0.928. The molecule has 2 aromatic rings. The fourth-order valence-corrected chi connectivity index (χ4v) is 4.73. The highest BCUT2D eigenvalue weighted by atomic mass is 19.4. The minimum Gasteiger partial charge on any atom is -0.368 e. The van der Waals surface area contributed by atoms with E-state index in [0.717, 1.165) is 0 Å². The molecule has 0 spiro atoms. The van der Waals surface area contributed by atoms with Crippen LogP contribution in [0.15, 0.2) is 42.5 Å². The van der Waals surface area contributed by atoms with Gasteiger partial charge in [-0.15, -0.1) is 0 Å². The minimum absolute atomic E-state index is 0.0713. The van der Waals surface area contributed by atoms with Crippen molar-refractivity contribution in [3.05, 3.63) is 70.5 Å². The summed E-state index contributed by atoms with van der Waals surface area (Å²) in [5, 5.41) is 0. The zero-order chi connectivity index (χ0) is 24.1. The van der Waals surface area contributed by atoms with E-state index >= 15 is 0 Å². The Kier molecular flexibility index (Phi) is 5.92. The summed E-state index contributed by atoms with van der Waals surface area (Å²) in [6.07, 6.45) is -10.8. The summed E-state index contributed by atoms with van der Waals surface area (Å²) in [6.45, 7) is 1.53. The van der Waals surface area contributed by atoms with Crippen molar-refractivity contribution in [3.63, 3.8) is 0 Å². The fraction of sp³-hybridized carbons (Fsp3) is 0.435. The van der Waals surface area contributed by atoms with E-state index in [1.54, 1.807) is 17.0 Å². The number of ether oxygens (including phenoxy) is 1. The van der Waals surface area contributed by atoms with Gasteiger partial charge in [-0.05, 0) is 54.8 Å². The Bertz CT molecular complexity index is 1000. The third-order valence-corrected chi connectivity index (χ3v) is 6.28. The van der Waals surface area contributed by atoms with Crippen molar-refractivity contribution in [1.82, 2.24) is 4.90 Å². The van der Waals surface area contributed by atoms with Crippen LogP contribution in [-0.4, -0.2) is 29.5 Å². The zero-order valence-corrected chi connectivity index (χ0v) is 17.4. The molecular formula is C23H20F7NO2. The molecule has 0 aliphatic carbocycles. The van der Waals surface area contributed by atoms with Crippen LogP contribution in [0.5, 0.6) is 0 Å². The van der Waals surface area contributed by atoms with Gasteiger partial charge in [-0.1, -0.05) is 12.1 Å². The highest BCUT2D eigenvalue weighted by Gasteiger charge is 2.49. The van der Waals surface area contributed by atoms with E-state index in [0.29, 0.717) is 30.5 Å². The maximum Gasteiger partial charge on any atom is 0.416 e. The number of halogens is 7. The molecule has 2 heterocycles. The van der Waals surface area contributed by atoms with Gasteiger partial charge in [0.05, 0.1) is 23.3 Å². The summed E-state index contributed by atoms with van der Waals surface area (Å²) in [6, 6.07) is 6.77. The Labute approximate surface area is 185 Å². The van der Waals surface area contributed by atoms with Crippen molar-refractivity contribution >= 4 is 5.91 Å². The second-order valence-corrected chi connectivity index (χ2v) is 8.39. The van der Waals surface area contributed by atoms with Crippen molar-refractivity contribution in [2.24, 2.45) is 0 Å². The van der Waals surface area contributed by atoms with Gasteiger partial charge >= 0.3 is 12.4 Å². The maximum absolute atomic E-state index is 13.4. The maximum atomic E-state index is 13.4. The first-order chi connectivity index (χ1) is 15.3. The fourth-order valence-electron chi connectivity index (χ4n) is 4.73. The summed E-state index contributed by atoms with van der Waals surface area (Å²) in [4.78, 5) is 13.9. The van der Waals surface area contributed by atoms with E-state index in [1.165, 1.54) is 19.1 Å². The van der Waals surface area contributed by atoms with Crippen molar-refractivity contribution < 1.29 is 40.3 Å². The molecule has 2 aliphatic heterocycles. The first-order valence-electron chi connectivity index (χ1n) is 10.3. The number of alkyl halides is 6. The van der Waals surface area contributed by atoms with Gasteiger partial charge in [0.25, 0.3) is 0 Å². The van der Waals surface area contributed by atoms with Crippen molar-refractivity contribution in [2.45, 2.75) is 56.3 Å². The van der Waals surface area contributed by atoms with Gasteiger partial charge in [0, 0.05) is 24.9 Å². The Hall–Kier alpha value is -2.62. The Morgan fingerprint density at radius 3 is 2.09 bits per heavy atom. The van der Waals surface area contributed by atoms with Crippen LogP contribution in [0, 0.1) is 5.82 Å². The average Bonchev–Trinajstić information content (AvgIpc) is 3.26. The van der Waals surface area contributed by atoms with E-state index < -0.39 is 41.5 Å². The topological polar surface area (TPSA) is 29.5 Å². The number of amides is 1. The van der Waals surface area contributed by atoms with Gasteiger partial charge in [0.15, 0.2) is 0 Å². The molecule has 178 valence electrons. The number of carbonyl (C=O) groups excluding carboxylic acids is 1. The van der Waals surface area contributed by atoms with Gasteiger partial charge in [-0.25, -0.2) is 4.39 Å². The number of fused-ring (bicyclic) bond motifs is 1. The third-order valence-electron chi connectivity index (χ3n) is 6.28. The molecule has 0 aromatic heterocycles. The third kappa shape index (κ3) is 4.71. The largest absolute Gasteiger partial charge is 0.416 e. The van der Waals surface area contributed by atoms with Gasteiger partial charge in [0.1, 0.15) is 5.82 Å². The highest BCUT2D eigenvalue weighted by molar-refractivity contribution is 5.79. The summed E-state index contributed by atoms with van der Waals surface area (Å²) in [5.41, 5.74) is -2.41. The number of hydrogen-bond acceptors (Lipinski definition) is 2. The van der Waals surface area contributed by atoms with Crippen LogP contribution in [0.4, 0.5) is 30.7 Å². The molecule has 10 heteroatoms. The molecule has 2 saturated heterocycles. The van der Waals surface area contributed by atoms with Crippen molar-refractivity contribution in [1.29, 1.82) is 0 Å². The molecule has 2 aromatic carbocycles. The smallest absolute Gasteiger partial charge is 0.368 e. The summed E-state index contributed by atoms with van der Waals surface area (Å²) < 4.78 is 98.8. The van der Waals surface area contributed by atoms with E-state index in [2.05, 4.69) is 0 Å². The number of carbonyl (C=O) groups is 1. The van der Waals surface area contributed by atoms with Gasteiger partial charge in [-0.3, -0.25) is 4.79 Å². The van der Waals surface area contributed by atoms with E-state index in [1.807, 2.05) is 0 Å². The van der Waals surface area contributed by atoms with Crippen LogP contribution >= 0.6 is 0 Å². The Morgan fingerprint density at radius 1 is 0.970 bits per heavy atom. The van der Waals surface area contributed by atoms with Crippen LogP contribution in [0.3, 0.4) is 0 Å². The lowest BCUT2D eigenvalue weighted by atomic mass is 9.88. The molecule has 0 saturated carbocycles. The summed E-state index contributed by atoms with van der Waals surface area (Å²) in [7, 11) is 0. The summed E-state index contributed by atoms with van der Waals surface area (Å²) >= 11 is 0. The molecular weight excluding hydrogens is 455 g/mol. The van der Waals surface area contributed by atoms with Crippen molar-refractivity contribution in [2.75, 3.05) is 6.54 Å². The molecule has 33 heavy (non-hydrogen) atoms. The van der Waals surface area contributed by atoms with E-state index in [9.17, 15) is 35.5 Å². The SMILES string of the molecule is C[C@@H](O[C@H]1CN2C(=O)CC[C@H]2[C@@H]1c1ccc(F)cc1)c1cc(C(F)(F)F)cc(C(F)(F)F)c1. The van der Waals surface area contributed by atoms with Gasteiger partial charge in [-0.2, -0.15) is 26.3 Å². The number of benzene rings is 2. The molecule has 0 radical (unpaired) electrons. The zero-order valence-electron chi connectivity index (χ0n) is 17.4. The second kappa shape index (κ2) is 8.30. The number of hydrogen-bond donors (Lipinski definition) is 0. The van der Waals surface area contributed by atoms with E-state index in [4.69, 9.17) is 4.74 Å². The number of rotatable bonds is 4. The monoisotopic (exact) mass is 475 g/mol. The molecule has 2 fully saturated rings.